The fraction of sp³-hybridized carbons (Fsp3) is 0.316. The van der Waals surface area contributed by atoms with Crippen LogP contribution in [0.2, 0.25) is 0 Å². The standard InChI is InChI=1S/C19H21F3N4O3/c20-9-16(25-19(28)18(21)22)17(27)12-3-1-11(2-4-12)13-5-6-14(24-10-13)15(26-29)7-8-23/h1-6,10,16-18,27,29H,7-9,23H2,(H,25,28)/b26-15+/t16-,17+/m1/s1. The summed E-state index contributed by atoms with van der Waals surface area (Å²) in [7, 11) is 0. The molecule has 156 valence electrons. The van der Waals surface area contributed by atoms with Gasteiger partial charge in [0.05, 0.1) is 11.7 Å². The maximum Gasteiger partial charge on any atom is 0.315 e. The lowest BCUT2D eigenvalue weighted by Gasteiger charge is -2.22. The van der Waals surface area contributed by atoms with Crippen LogP contribution in [-0.2, 0) is 4.79 Å². The van der Waals surface area contributed by atoms with Gasteiger partial charge in [0.2, 0.25) is 0 Å². The molecule has 1 aromatic heterocycles. The van der Waals surface area contributed by atoms with E-state index in [-0.39, 0.29) is 5.56 Å². The van der Waals surface area contributed by atoms with Crippen LogP contribution in [0.1, 0.15) is 23.8 Å². The first-order chi connectivity index (χ1) is 13.9. The molecule has 1 heterocycles. The molecular weight excluding hydrogens is 389 g/mol. The van der Waals surface area contributed by atoms with Gasteiger partial charge in [-0.05, 0) is 23.7 Å². The van der Waals surface area contributed by atoms with Crippen LogP contribution in [0.4, 0.5) is 13.2 Å². The van der Waals surface area contributed by atoms with E-state index in [2.05, 4.69) is 10.1 Å². The first-order valence-corrected chi connectivity index (χ1v) is 8.71. The number of carbonyl (C=O) groups is 1. The van der Waals surface area contributed by atoms with Gasteiger partial charge in [-0.2, -0.15) is 8.78 Å². The van der Waals surface area contributed by atoms with Gasteiger partial charge in [-0.3, -0.25) is 9.78 Å². The molecule has 0 unspecified atom stereocenters. The molecule has 1 amide bonds. The number of hydrogen-bond donors (Lipinski definition) is 4. The van der Waals surface area contributed by atoms with Crippen molar-refractivity contribution in [3.05, 3.63) is 53.9 Å². The van der Waals surface area contributed by atoms with E-state index in [9.17, 15) is 23.1 Å². The minimum Gasteiger partial charge on any atom is -0.411 e. The van der Waals surface area contributed by atoms with Gasteiger partial charge in [0, 0.05) is 18.2 Å². The number of hydrogen-bond acceptors (Lipinski definition) is 6. The molecule has 2 aromatic rings. The fourth-order valence-electron chi connectivity index (χ4n) is 2.65. The van der Waals surface area contributed by atoms with Gasteiger partial charge >= 0.3 is 6.43 Å². The van der Waals surface area contributed by atoms with Crippen LogP contribution in [0.5, 0.6) is 0 Å². The lowest BCUT2D eigenvalue weighted by molar-refractivity contribution is -0.133. The number of alkyl halides is 3. The number of carbonyl (C=O) groups excluding carboxylic acids is 1. The maximum absolute atomic E-state index is 13.1. The number of halogens is 3. The number of benzene rings is 1. The number of nitrogens with zero attached hydrogens (tertiary/aromatic N) is 2. The van der Waals surface area contributed by atoms with Gasteiger partial charge in [-0.25, -0.2) is 4.39 Å². The smallest absolute Gasteiger partial charge is 0.315 e. The molecule has 0 spiro atoms. The van der Waals surface area contributed by atoms with Crippen molar-refractivity contribution in [1.29, 1.82) is 0 Å². The molecule has 7 nitrogen and oxygen atoms in total. The predicted molar refractivity (Wildman–Crippen MR) is 101 cm³/mol. The van der Waals surface area contributed by atoms with Crippen molar-refractivity contribution >= 4 is 11.6 Å². The second-order valence-electron chi connectivity index (χ2n) is 6.15. The molecule has 2 rings (SSSR count). The molecule has 0 aliphatic heterocycles. The highest BCUT2D eigenvalue weighted by Crippen LogP contribution is 2.24. The zero-order chi connectivity index (χ0) is 21.4. The predicted octanol–water partition coefficient (Wildman–Crippen LogP) is 2.03. The van der Waals surface area contributed by atoms with Crippen LogP contribution >= 0.6 is 0 Å². The molecule has 10 heteroatoms. The summed E-state index contributed by atoms with van der Waals surface area (Å²) in [5.74, 6) is -1.64. The monoisotopic (exact) mass is 410 g/mol. The molecule has 2 atom stereocenters. The first kappa shape index (κ1) is 22.3. The molecule has 0 saturated carbocycles. The fourth-order valence-corrected chi connectivity index (χ4v) is 2.65. The van der Waals surface area contributed by atoms with Crippen molar-refractivity contribution in [1.82, 2.24) is 10.3 Å². The Kier molecular flexibility index (Phi) is 8.10. The Hall–Kier alpha value is -2.98. The summed E-state index contributed by atoms with van der Waals surface area (Å²) >= 11 is 0. The summed E-state index contributed by atoms with van der Waals surface area (Å²) < 4.78 is 37.7. The highest BCUT2D eigenvalue weighted by molar-refractivity contribution is 5.98. The van der Waals surface area contributed by atoms with Crippen molar-refractivity contribution < 1.29 is 28.3 Å². The number of aliphatic hydroxyl groups is 1. The molecule has 29 heavy (non-hydrogen) atoms. The zero-order valence-corrected chi connectivity index (χ0v) is 15.3. The van der Waals surface area contributed by atoms with Crippen LogP contribution < -0.4 is 11.1 Å². The highest BCUT2D eigenvalue weighted by Gasteiger charge is 2.26. The van der Waals surface area contributed by atoms with E-state index in [1.165, 1.54) is 12.1 Å². The van der Waals surface area contributed by atoms with Crippen LogP contribution in [0.3, 0.4) is 0 Å². The number of pyridine rings is 1. The third-order valence-electron chi connectivity index (χ3n) is 4.22. The van der Waals surface area contributed by atoms with Crippen LogP contribution in [-0.4, -0.2) is 52.6 Å². The summed E-state index contributed by atoms with van der Waals surface area (Å²) in [6, 6.07) is 8.22. The SMILES string of the molecule is NCC/C(=N\O)c1ccc(-c2ccc([C@H](O)[C@@H](CF)NC(=O)C(F)F)cc2)cn1. The molecule has 1 aromatic carbocycles. The van der Waals surface area contributed by atoms with Gasteiger partial charge in [-0.1, -0.05) is 35.5 Å². The van der Waals surface area contributed by atoms with Crippen molar-refractivity contribution in [2.75, 3.05) is 13.2 Å². The number of amides is 1. The second-order valence-corrected chi connectivity index (χ2v) is 6.15. The quantitative estimate of drug-likeness (QED) is 0.286. The topological polar surface area (TPSA) is 121 Å². The largest absolute Gasteiger partial charge is 0.411 e. The van der Waals surface area contributed by atoms with Crippen molar-refractivity contribution in [3.8, 4) is 11.1 Å². The molecule has 0 radical (unpaired) electrons. The number of nitrogens with one attached hydrogen (secondary N) is 1. The number of nitrogens with two attached hydrogens (primary N) is 1. The third kappa shape index (κ3) is 5.75. The second kappa shape index (κ2) is 10.5. The van der Waals surface area contributed by atoms with Gasteiger partial charge < -0.3 is 21.4 Å². The minimum atomic E-state index is -3.30. The normalized spacial score (nSPS) is 13.9. The first-order valence-electron chi connectivity index (χ1n) is 8.71. The van der Waals surface area contributed by atoms with Gasteiger partial charge in [0.1, 0.15) is 18.5 Å². The van der Waals surface area contributed by atoms with Crippen LogP contribution in [0.15, 0.2) is 47.8 Å². The molecular formula is C19H21F3N4O3. The van der Waals surface area contributed by atoms with E-state index in [1.54, 1.807) is 35.8 Å². The third-order valence-corrected chi connectivity index (χ3v) is 4.22. The molecule has 5 N–H and O–H groups in total. The summed E-state index contributed by atoms with van der Waals surface area (Å²) in [5.41, 5.74) is 8.01. The molecule has 0 aliphatic rings. The van der Waals surface area contributed by atoms with Gasteiger partial charge in [-0.15, -0.1) is 0 Å². The molecule has 0 aliphatic carbocycles. The number of rotatable bonds is 9. The number of aliphatic hydroxyl groups excluding tert-OH is 1. The Morgan fingerprint density at radius 2 is 1.83 bits per heavy atom. The van der Waals surface area contributed by atoms with Gasteiger partial charge in [0.25, 0.3) is 5.91 Å². The zero-order valence-electron chi connectivity index (χ0n) is 15.3. The Morgan fingerprint density at radius 1 is 1.17 bits per heavy atom. The average molecular weight is 410 g/mol. The van der Waals surface area contributed by atoms with E-state index >= 15 is 0 Å². The summed E-state index contributed by atoms with van der Waals surface area (Å²) in [6.07, 6.45) is -2.85. The van der Waals surface area contributed by atoms with Crippen molar-refractivity contribution in [2.45, 2.75) is 25.0 Å². The molecule has 0 saturated heterocycles. The Morgan fingerprint density at radius 3 is 2.31 bits per heavy atom. The van der Waals surface area contributed by atoms with E-state index in [0.29, 0.717) is 24.4 Å². The molecule has 0 fully saturated rings. The average Bonchev–Trinajstić information content (AvgIpc) is 2.75. The minimum absolute atomic E-state index is 0.258. The van der Waals surface area contributed by atoms with E-state index < -0.39 is 31.2 Å². The van der Waals surface area contributed by atoms with Crippen LogP contribution in [0.25, 0.3) is 11.1 Å². The van der Waals surface area contributed by atoms with Crippen molar-refractivity contribution in [2.24, 2.45) is 10.9 Å². The number of oxime groups is 1. The van der Waals surface area contributed by atoms with E-state index in [4.69, 9.17) is 10.9 Å². The Bertz CT molecular complexity index is 830. The van der Waals surface area contributed by atoms with Crippen LogP contribution in [0, 0.1) is 0 Å². The Balaban J connectivity index is 2.14. The Labute approximate surface area is 165 Å². The van der Waals surface area contributed by atoms with Gasteiger partial charge in [0.15, 0.2) is 0 Å². The lowest BCUT2D eigenvalue weighted by atomic mass is 9.99. The van der Waals surface area contributed by atoms with Crippen molar-refractivity contribution in [3.63, 3.8) is 0 Å². The summed E-state index contributed by atoms with van der Waals surface area (Å²) in [6.45, 7) is -0.894. The maximum atomic E-state index is 13.1. The van der Waals surface area contributed by atoms with E-state index in [1.807, 2.05) is 0 Å². The number of aromatic nitrogens is 1. The van der Waals surface area contributed by atoms with E-state index in [0.717, 1.165) is 11.1 Å². The lowest BCUT2D eigenvalue weighted by Crippen LogP contribution is -2.43. The summed E-state index contributed by atoms with van der Waals surface area (Å²) in [5, 5.41) is 24.1. The molecule has 0 bridgehead atoms. The summed E-state index contributed by atoms with van der Waals surface area (Å²) in [4.78, 5) is 15.3. The highest BCUT2D eigenvalue weighted by atomic mass is 19.3.